The molecule has 0 N–H and O–H groups in total. The fourth-order valence-corrected chi connectivity index (χ4v) is 8.20. The van der Waals surface area contributed by atoms with E-state index in [0.29, 0.717) is 17.1 Å². The van der Waals surface area contributed by atoms with Crippen molar-refractivity contribution < 1.29 is 9.53 Å². The van der Waals surface area contributed by atoms with Crippen molar-refractivity contribution in [3.63, 3.8) is 0 Å². The van der Waals surface area contributed by atoms with Gasteiger partial charge in [0, 0.05) is 25.6 Å². The minimum absolute atomic E-state index is 0.0935. The van der Waals surface area contributed by atoms with Gasteiger partial charge in [0.1, 0.15) is 5.78 Å². The lowest BCUT2D eigenvalue weighted by Gasteiger charge is -2.56. The van der Waals surface area contributed by atoms with Gasteiger partial charge in [-0.15, -0.1) is 0 Å². The van der Waals surface area contributed by atoms with Gasteiger partial charge in [0.15, 0.2) is 0 Å². The summed E-state index contributed by atoms with van der Waals surface area (Å²) in [4.78, 5) is 13.0. The van der Waals surface area contributed by atoms with Crippen molar-refractivity contribution in [2.75, 3.05) is 13.7 Å². The Morgan fingerprint density at radius 1 is 1.00 bits per heavy atom. The molecule has 0 aromatic heterocycles. The van der Waals surface area contributed by atoms with Gasteiger partial charge in [-0.05, 0) is 85.9 Å². The van der Waals surface area contributed by atoms with E-state index in [1.165, 1.54) is 44.9 Å². The maximum Gasteiger partial charge on any atom is 0.139 e. The summed E-state index contributed by atoms with van der Waals surface area (Å²) in [6.45, 7) is 13.0. The van der Waals surface area contributed by atoms with E-state index in [4.69, 9.17) is 4.74 Å². The largest absolute Gasteiger partial charge is 0.385 e. The molecular weight excluding hydrogens is 356 g/mol. The summed E-state index contributed by atoms with van der Waals surface area (Å²) >= 11 is 0. The highest BCUT2D eigenvalue weighted by Gasteiger charge is 2.59. The molecule has 3 aliphatic carbocycles. The molecule has 0 heterocycles. The summed E-state index contributed by atoms with van der Waals surface area (Å²) in [7, 11) is 1.78. The molecular formula is C27H48O2. The number of methoxy groups -OCH3 is 1. The van der Waals surface area contributed by atoms with Crippen molar-refractivity contribution >= 4 is 5.78 Å². The lowest BCUT2D eigenvalue weighted by molar-refractivity contribution is -0.146. The summed E-state index contributed by atoms with van der Waals surface area (Å²) in [5.41, 5.74) is 0.427. The van der Waals surface area contributed by atoms with E-state index in [1.54, 1.807) is 7.11 Å². The third kappa shape index (κ3) is 4.48. The molecule has 2 heteroatoms. The van der Waals surface area contributed by atoms with E-state index >= 15 is 0 Å². The Labute approximate surface area is 180 Å². The van der Waals surface area contributed by atoms with Crippen LogP contribution in [0.2, 0.25) is 0 Å². The molecule has 0 aromatic rings. The first-order valence-electron chi connectivity index (χ1n) is 12.8. The first-order valence-corrected chi connectivity index (χ1v) is 12.8. The molecule has 3 rings (SSSR count). The number of rotatable bonds is 9. The Kier molecular flexibility index (Phi) is 7.56. The Morgan fingerprint density at radius 2 is 1.76 bits per heavy atom. The van der Waals surface area contributed by atoms with Gasteiger partial charge >= 0.3 is 0 Å². The normalized spacial score (nSPS) is 40.7. The minimum atomic E-state index is -0.0935. The lowest BCUT2D eigenvalue weighted by atomic mass is 9.48. The second-order valence-electron chi connectivity index (χ2n) is 11.9. The summed E-state index contributed by atoms with van der Waals surface area (Å²) in [6, 6.07) is 0. The highest BCUT2D eigenvalue weighted by molar-refractivity contribution is 5.85. The lowest BCUT2D eigenvalue weighted by Crippen LogP contribution is -2.52. The van der Waals surface area contributed by atoms with Gasteiger partial charge in [0.2, 0.25) is 0 Å². The standard InChI is InChI=1S/C27H48O2/c1-19(2)9-7-10-20(3)22-12-13-23-21-11-14-25(28)27(5,16-8-18-29-6)24(21)15-17-26(22,23)4/h19-24H,7-18H2,1-6H3/t20-,21+,22-,23+,24+,26-,27-/m1/s1. The molecule has 0 aliphatic heterocycles. The molecule has 168 valence electrons. The predicted octanol–water partition coefficient (Wildman–Crippen LogP) is 7.30. The van der Waals surface area contributed by atoms with Crippen molar-refractivity contribution in [1.82, 2.24) is 0 Å². The van der Waals surface area contributed by atoms with Crippen molar-refractivity contribution in [3.8, 4) is 0 Å². The number of Topliss-reactive ketones (excluding diaryl/α,β-unsaturated/α-hetero) is 1. The van der Waals surface area contributed by atoms with E-state index in [9.17, 15) is 4.79 Å². The number of ether oxygens (including phenoxy) is 1. The van der Waals surface area contributed by atoms with Crippen LogP contribution >= 0.6 is 0 Å². The topological polar surface area (TPSA) is 26.3 Å². The fourth-order valence-electron chi connectivity index (χ4n) is 8.20. The van der Waals surface area contributed by atoms with Gasteiger partial charge in [0.25, 0.3) is 0 Å². The average molecular weight is 405 g/mol. The smallest absolute Gasteiger partial charge is 0.139 e. The van der Waals surface area contributed by atoms with Crippen LogP contribution in [0.3, 0.4) is 0 Å². The molecule has 0 saturated heterocycles. The Balaban J connectivity index is 1.70. The molecule has 0 unspecified atom stereocenters. The van der Waals surface area contributed by atoms with Gasteiger partial charge in [-0.1, -0.05) is 53.9 Å². The van der Waals surface area contributed by atoms with Crippen LogP contribution in [0.25, 0.3) is 0 Å². The van der Waals surface area contributed by atoms with Crippen LogP contribution in [0, 0.1) is 46.3 Å². The summed E-state index contributed by atoms with van der Waals surface area (Å²) < 4.78 is 5.31. The van der Waals surface area contributed by atoms with Crippen LogP contribution in [0.15, 0.2) is 0 Å². The zero-order valence-corrected chi connectivity index (χ0v) is 20.3. The third-order valence-corrected chi connectivity index (χ3v) is 9.84. The van der Waals surface area contributed by atoms with Crippen LogP contribution in [0.5, 0.6) is 0 Å². The van der Waals surface area contributed by atoms with E-state index in [1.807, 2.05) is 0 Å². The third-order valence-electron chi connectivity index (χ3n) is 9.84. The van der Waals surface area contributed by atoms with Crippen LogP contribution in [0.4, 0.5) is 0 Å². The van der Waals surface area contributed by atoms with Crippen molar-refractivity contribution in [3.05, 3.63) is 0 Å². The van der Waals surface area contributed by atoms with Crippen LogP contribution in [-0.4, -0.2) is 19.5 Å². The average Bonchev–Trinajstić information content (AvgIpc) is 3.02. The van der Waals surface area contributed by atoms with Crippen molar-refractivity contribution in [2.45, 2.75) is 105 Å². The Bertz CT molecular complexity index is 555. The van der Waals surface area contributed by atoms with Crippen LogP contribution in [-0.2, 0) is 9.53 Å². The highest BCUT2D eigenvalue weighted by Crippen LogP contribution is 2.65. The van der Waals surface area contributed by atoms with Gasteiger partial charge < -0.3 is 4.74 Å². The summed E-state index contributed by atoms with van der Waals surface area (Å²) in [6.07, 6.45) is 13.7. The molecule has 3 saturated carbocycles. The number of carbonyl (C=O) groups excluding carboxylic acids is 1. The Morgan fingerprint density at radius 3 is 2.45 bits per heavy atom. The second kappa shape index (κ2) is 9.41. The van der Waals surface area contributed by atoms with Gasteiger partial charge in [-0.2, -0.15) is 0 Å². The molecule has 0 amide bonds. The molecule has 0 spiro atoms. The molecule has 29 heavy (non-hydrogen) atoms. The molecule has 3 aliphatic rings. The van der Waals surface area contributed by atoms with Crippen molar-refractivity contribution in [2.24, 2.45) is 46.3 Å². The summed E-state index contributed by atoms with van der Waals surface area (Å²) in [5, 5.41) is 0. The van der Waals surface area contributed by atoms with Gasteiger partial charge in [-0.3, -0.25) is 4.79 Å². The maximum absolute atomic E-state index is 13.0. The number of hydrogen-bond donors (Lipinski definition) is 0. The van der Waals surface area contributed by atoms with Crippen LogP contribution < -0.4 is 0 Å². The molecule has 2 nitrogen and oxygen atoms in total. The van der Waals surface area contributed by atoms with E-state index in [2.05, 4.69) is 34.6 Å². The molecule has 0 aromatic carbocycles. The fraction of sp³-hybridized carbons (Fsp3) is 0.963. The quantitative estimate of drug-likeness (QED) is 0.377. The Hall–Kier alpha value is -0.370. The van der Waals surface area contributed by atoms with Crippen molar-refractivity contribution in [1.29, 1.82) is 0 Å². The zero-order chi connectivity index (χ0) is 21.2. The van der Waals surface area contributed by atoms with E-state index in [-0.39, 0.29) is 5.41 Å². The maximum atomic E-state index is 13.0. The first-order chi connectivity index (χ1) is 13.7. The SMILES string of the molecule is COCCC[C@@]1(C)C(=O)CC[C@H]2[C@@H]3CC[C@H]([C@H](C)CCCC(C)C)[C@@]3(C)CC[C@@H]21. The van der Waals surface area contributed by atoms with E-state index < -0.39 is 0 Å². The minimum Gasteiger partial charge on any atom is -0.385 e. The molecule has 3 fully saturated rings. The first kappa shape index (κ1) is 23.3. The van der Waals surface area contributed by atoms with Gasteiger partial charge in [-0.25, -0.2) is 0 Å². The molecule has 0 radical (unpaired) electrons. The van der Waals surface area contributed by atoms with E-state index in [0.717, 1.165) is 61.9 Å². The number of ketones is 1. The number of fused-ring (bicyclic) bond motifs is 3. The van der Waals surface area contributed by atoms with Crippen LogP contribution in [0.1, 0.15) is 105 Å². The molecule has 0 bridgehead atoms. The predicted molar refractivity (Wildman–Crippen MR) is 122 cm³/mol. The van der Waals surface area contributed by atoms with Gasteiger partial charge in [0.05, 0.1) is 0 Å². The number of carbonyl (C=O) groups is 1. The number of hydrogen-bond acceptors (Lipinski definition) is 2. The monoisotopic (exact) mass is 404 g/mol. The zero-order valence-electron chi connectivity index (χ0n) is 20.3. The second-order valence-corrected chi connectivity index (χ2v) is 11.9. The summed E-state index contributed by atoms with van der Waals surface area (Å²) in [5.74, 6) is 5.40. The molecule has 7 atom stereocenters. The highest BCUT2D eigenvalue weighted by atomic mass is 16.5.